The van der Waals surface area contributed by atoms with Crippen LogP contribution in [0.2, 0.25) is 5.02 Å². The van der Waals surface area contributed by atoms with E-state index in [1.54, 1.807) is 0 Å². The van der Waals surface area contributed by atoms with Crippen LogP contribution in [-0.2, 0) is 0 Å². The van der Waals surface area contributed by atoms with E-state index >= 15 is 0 Å². The molecular formula is C6H2ClF2NO2. The van der Waals surface area contributed by atoms with Crippen molar-refractivity contribution in [3.63, 3.8) is 0 Å². The minimum atomic E-state index is -1.35. The van der Waals surface area contributed by atoms with Gasteiger partial charge < -0.3 is 0 Å². The van der Waals surface area contributed by atoms with Gasteiger partial charge in [-0.15, -0.1) is 0 Å². The molecule has 0 heterocycles. The summed E-state index contributed by atoms with van der Waals surface area (Å²) in [5.41, 5.74) is -1.22. The molecule has 0 unspecified atom stereocenters. The zero-order valence-corrected chi connectivity index (χ0v) is 6.31. The Labute approximate surface area is 70.7 Å². The van der Waals surface area contributed by atoms with Crippen LogP contribution in [0, 0.1) is 21.7 Å². The van der Waals surface area contributed by atoms with Crippen LogP contribution >= 0.6 is 11.6 Å². The maximum Gasteiger partial charge on any atom is 0.341 e. The van der Waals surface area contributed by atoms with Crippen molar-refractivity contribution >= 4 is 17.3 Å². The molecule has 0 bridgehead atoms. The third kappa shape index (κ3) is 1.35. The fourth-order valence-electron chi connectivity index (χ4n) is 0.684. The Kier molecular flexibility index (Phi) is 2.23. The Bertz CT molecular complexity index is 343. The molecule has 6 heteroatoms. The number of hydrogen-bond donors (Lipinski definition) is 0. The summed E-state index contributed by atoms with van der Waals surface area (Å²) in [7, 11) is 0. The number of benzene rings is 1. The predicted octanol–water partition coefficient (Wildman–Crippen LogP) is 2.53. The molecule has 0 aliphatic rings. The van der Waals surface area contributed by atoms with Gasteiger partial charge in [-0.2, -0.15) is 8.78 Å². The van der Waals surface area contributed by atoms with Crippen LogP contribution in [0.5, 0.6) is 0 Å². The highest BCUT2D eigenvalue weighted by Crippen LogP contribution is 2.26. The molecule has 12 heavy (non-hydrogen) atoms. The molecule has 0 fully saturated rings. The van der Waals surface area contributed by atoms with E-state index in [4.69, 9.17) is 11.6 Å². The van der Waals surface area contributed by atoms with E-state index in [1.165, 1.54) is 0 Å². The lowest BCUT2D eigenvalue weighted by Crippen LogP contribution is -1.96. The van der Waals surface area contributed by atoms with Crippen LogP contribution in [0.15, 0.2) is 12.1 Å². The van der Waals surface area contributed by atoms with Gasteiger partial charge in [0.2, 0.25) is 11.6 Å². The first kappa shape index (κ1) is 8.86. The van der Waals surface area contributed by atoms with Gasteiger partial charge in [0, 0.05) is 0 Å². The van der Waals surface area contributed by atoms with Gasteiger partial charge in [-0.1, -0.05) is 11.6 Å². The summed E-state index contributed by atoms with van der Waals surface area (Å²) in [6.07, 6.45) is 0. The first-order chi connectivity index (χ1) is 5.54. The highest BCUT2D eigenvalue weighted by molar-refractivity contribution is 6.30. The first-order valence-corrected chi connectivity index (χ1v) is 3.19. The maximum absolute atomic E-state index is 12.7. The van der Waals surface area contributed by atoms with Crippen LogP contribution in [0.25, 0.3) is 0 Å². The van der Waals surface area contributed by atoms with Gasteiger partial charge >= 0.3 is 5.69 Å². The van der Waals surface area contributed by atoms with E-state index in [-0.39, 0.29) is 0 Å². The second-order valence-corrected chi connectivity index (χ2v) is 2.36. The Morgan fingerprint density at radius 3 is 2.42 bits per heavy atom. The molecule has 0 N–H and O–H groups in total. The highest BCUT2D eigenvalue weighted by atomic mass is 35.5. The lowest BCUT2D eigenvalue weighted by Gasteiger charge is -1.96. The number of halogens is 3. The average molecular weight is 194 g/mol. The molecule has 0 saturated carbocycles. The Morgan fingerprint density at radius 2 is 2.00 bits per heavy atom. The van der Waals surface area contributed by atoms with Gasteiger partial charge in [-0.3, -0.25) is 10.1 Å². The van der Waals surface area contributed by atoms with Crippen LogP contribution in [-0.4, -0.2) is 4.92 Å². The molecule has 0 radical (unpaired) electrons. The lowest BCUT2D eigenvalue weighted by molar-refractivity contribution is -0.390. The summed E-state index contributed by atoms with van der Waals surface area (Å²) in [5.74, 6) is -2.58. The summed E-state index contributed by atoms with van der Waals surface area (Å²) >= 11 is 5.18. The highest BCUT2D eigenvalue weighted by Gasteiger charge is 2.22. The molecule has 0 aliphatic heterocycles. The van der Waals surface area contributed by atoms with Crippen LogP contribution < -0.4 is 0 Å². The Balaban J connectivity index is 3.43. The van der Waals surface area contributed by atoms with Crippen molar-refractivity contribution in [3.05, 3.63) is 38.9 Å². The van der Waals surface area contributed by atoms with Gasteiger partial charge in [0.1, 0.15) is 0 Å². The van der Waals surface area contributed by atoms with Gasteiger partial charge in [0.15, 0.2) is 0 Å². The van der Waals surface area contributed by atoms with Crippen molar-refractivity contribution in [2.24, 2.45) is 0 Å². The molecular weight excluding hydrogens is 192 g/mol. The summed E-state index contributed by atoms with van der Waals surface area (Å²) in [4.78, 5) is 8.91. The summed E-state index contributed by atoms with van der Waals surface area (Å²) in [5, 5.41) is 9.59. The maximum atomic E-state index is 12.7. The van der Waals surface area contributed by atoms with Gasteiger partial charge in [0.25, 0.3) is 0 Å². The van der Waals surface area contributed by atoms with Crippen LogP contribution in [0.4, 0.5) is 14.5 Å². The molecule has 1 aromatic carbocycles. The molecule has 0 spiro atoms. The fraction of sp³-hybridized carbons (Fsp3) is 0. The van der Waals surface area contributed by atoms with E-state index < -0.39 is 27.3 Å². The fourth-order valence-corrected chi connectivity index (χ4v) is 0.836. The van der Waals surface area contributed by atoms with E-state index in [0.717, 1.165) is 12.1 Å². The third-order valence-corrected chi connectivity index (χ3v) is 1.49. The standard InChI is InChI=1S/C6H2ClF2NO2/c7-3-1-2-4(8)6(5(3)9)10(11)12/h1-2H. The largest absolute Gasteiger partial charge is 0.341 e. The molecule has 0 aromatic heterocycles. The van der Waals surface area contributed by atoms with Gasteiger partial charge in [-0.05, 0) is 12.1 Å². The third-order valence-electron chi connectivity index (χ3n) is 1.20. The van der Waals surface area contributed by atoms with Crippen molar-refractivity contribution in [3.8, 4) is 0 Å². The average Bonchev–Trinajstić information content (AvgIpc) is 1.97. The summed E-state index contributed by atoms with van der Waals surface area (Å²) < 4.78 is 25.2. The van der Waals surface area contributed by atoms with Crippen molar-refractivity contribution in [1.29, 1.82) is 0 Å². The second kappa shape index (κ2) is 3.02. The van der Waals surface area contributed by atoms with Crippen LogP contribution in [0.1, 0.15) is 0 Å². The van der Waals surface area contributed by atoms with E-state index in [1.807, 2.05) is 0 Å². The Hall–Kier alpha value is -1.23. The van der Waals surface area contributed by atoms with Crippen LogP contribution in [0.3, 0.4) is 0 Å². The molecule has 0 amide bonds. The van der Waals surface area contributed by atoms with E-state index in [0.29, 0.717) is 0 Å². The molecule has 1 rings (SSSR count). The molecule has 0 aliphatic carbocycles. The molecule has 0 atom stereocenters. The van der Waals surface area contributed by atoms with Crippen molar-refractivity contribution in [1.82, 2.24) is 0 Å². The zero-order chi connectivity index (χ0) is 9.30. The number of nitro groups is 1. The van der Waals surface area contributed by atoms with Gasteiger partial charge in [-0.25, -0.2) is 0 Å². The van der Waals surface area contributed by atoms with E-state index in [9.17, 15) is 18.9 Å². The number of nitro benzene ring substituents is 1. The molecule has 64 valence electrons. The summed E-state index contributed by atoms with van der Waals surface area (Å²) in [6.45, 7) is 0. The molecule has 3 nitrogen and oxygen atoms in total. The Morgan fingerprint density at radius 1 is 1.42 bits per heavy atom. The van der Waals surface area contributed by atoms with Crippen molar-refractivity contribution in [2.45, 2.75) is 0 Å². The quantitative estimate of drug-likeness (QED) is 0.391. The number of rotatable bonds is 1. The van der Waals surface area contributed by atoms with Gasteiger partial charge in [0.05, 0.1) is 9.95 Å². The minimum Gasteiger partial charge on any atom is -0.258 e. The molecule has 1 aromatic rings. The topological polar surface area (TPSA) is 43.1 Å². The van der Waals surface area contributed by atoms with Crippen molar-refractivity contribution in [2.75, 3.05) is 0 Å². The summed E-state index contributed by atoms with van der Waals surface area (Å²) in [6, 6.07) is 1.66. The lowest BCUT2D eigenvalue weighted by atomic mass is 10.3. The minimum absolute atomic E-state index is 0.469. The SMILES string of the molecule is O=[N+]([O-])c1c(F)ccc(Cl)c1F. The number of nitrogens with zero attached hydrogens (tertiary/aromatic N) is 1. The predicted molar refractivity (Wildman–Crippen MR) is 38.0 cm³/mol. The van der Waals surface area contributed by atoms with E-state index in [2.05, 4.69) is 0 Å². The smallest absolute Gasteiger partial charge is 0.258 e. The van der Waals surface area contributed by atoms with Crippen molar-refractivity contribution < 1.29 is 13.7 Å². The monoisotopic (exact) mass is 193 g/mol. The number of hydrogen-bond acceptors (Lipinski definition) is 2. The first-order valence-electron chi connectivity index (χ1n) is 2.82. The molecule has 0 saturated heterocycles. The second-order valence-electron chi connectivity index (χ2n) is 1.95. The zero-order valence-electron chi connectivity index (χ0n) is 5.55. The normalized spacial score (nSPS) is 9.92.